The predicted molar refractivity (Wildman–Crippen MR) is 54.7 cm³/mol. The molecule has 0 spiro atoms. The summed E-state index contributed by atoms with van der Waals surface area (Å²) in [5.41, 5.74) is 0. The number of carbonyl (C=O) groups excluding carboxylic acids is 1. The summed E-state index contributed by atoms with van der Waals surface area (Å²) in [6.45, 7) is 2.72. The molecule has 4 heteroatoms. The van der Waals surface area contributed by atoms with Crippen molar-refractivity contribution in [2.24, 2.45) is 0 Å². The number of hydrogen-bond donors (Lipinski definition) is 1. The number of likely N-dealkylation sites (N-methyl/N-ethyl adjacent to an activating group) is 1. The number of carbonyl (C=O) groups is 1. The minimum Gasteiger partial charge on any atom is -0.349 e. The van der Waals surface area contributed by atoms with Crippen LogP contribution >= 0.6 is 0 Å². The van der Waals surface area contributed by atoms with Crippen LogP contribution in [-0.2, 0) is 4.79 Å². The molecule has 13 heavy (non-hydrogen) atoms. The van der Waals surface area contributed by atoms with Crippen molar-refractivity contribution in [2.75, 3.05) is 47.8 Å². The zero-order chi connectivity index (χ0) is 10.3. The summed E-state index contributed by atoms with van der Waals surface area (Å²) in [5, 5.41) is 3.21. The third kappa shape index (κ3) is 7.74. The Labute approximate surface area is 80.9 Å². The highest BCUT2D eigenvalue weighted by molar-refractivity contribution is 5.75. The maximum Gasteiger partial charge on any atom is 0.223 e. The van der Waals surface area contributed by atoms with Crippen LogP contribution in [0.5, 0.6) is 0 Å². The first-order valence-electron chi connectivity index (χ1n) is 4.59. The Bertz CT molecular complexity index is 146. The van der Waals surface area contributed by atoms with Crippen LogP contribution in [0.4, 0.5) is 0 Å². The van der Waals surface area contributed by atoms with Gasteiger partial charge in [0.25, 0.3) is 0 Å². The van der Waals surface area contributed by atoms with E-state index < -0.39 is 0 Å². The second kappa shape index (κ2) is 6.86. The van der Waals surface area contributed by atoms with Gasteiger partial charge in [0.05, 0.1) is 0 Å². The van der Waals surface area contributed by atoms with Crippen molar-refractivity contribution in [1.82, 2.24) is 15.1 Å². The second-order valence-corrected chi connectivity index (χ2v) is 3.59. The maximum atomic E-state index is 11.1. The number of hydrogen-bond acceptors (Lipinski definition) is 3. The molecular weight excluding hydrogens is 166 g/mol. The van der Waals surface area contributed by atoms with Gasteiger partial charge in [-0.25, -0.2) is 0 Å². The van der Waals surface area contributed by atoms with Gasteiger partial charge in [-0.1, -0.05) is 0 Å². The van der Waals surface area contributed by atoms with Gasteiger partial charge in [0, 0.05) is 40.2 Å². The normalized spacial score (nSPS) is 10.5. The summed E-state index contributed by atoms with van der Waals surface area (Å²) in [6, 6.07) is 0. The van der Waals surface area contributed by atoms with Gasteiger partial charge in [-0.15, -0.1) is 0 Å². The third-order valence-electron chi connectivity index (χ3n) is 1.75. The topological polar surface area (TPSA) is 35.6 Å². The summed E-state index contributed by atoms with van der Waals surface area (Å²) >= 11 is 0. The van der Waals surface area contributed by atoms with Gasteiger partial charge in [-0.3, -0.25) is 4.79 Å². The monoisotopic (exact) mass is 187 g/mol. The van der Waals surface area contributed by atoms with Crippen LogP contribution in [0, 0.1) is 0 Å². The lowest BCUT2D eigenvalue weighted by Gasteiger charge is -2.12. The number of nitrogens with zero attached hydrogens (tertiary/aromatic N) is 2. The van der Waals surface area contributed by atoms with Gasteiger partial charge in [0.15, 0.2) is 0 Å². The largest absolute Gasteiger partial charge is 0.349 e. The fourth-order valence-electron chi connectivity index (χ4n) is 0.847. The van der Waals surface area contributed by atoms with E-state index in [1.54, 1.807) is 19.0 Å². The quantitative estimate of drug-likeness (QED) is 0.576. The number of rotatable bonds is 6. The van der Waals surface area contributed by atoms with E-state index in [-0.39, 0.29) is 5.91 Å². The summed E-state index contributed by atoms with van der Waals surface area (Å²) < 4.78 is 0. The van der Waals surface area contributed by atoms with E-state index >= 15 is 0 Å². The van der Waals surface area contributed by atoms with Crippen molar-refractivity contribution in [3.8, 4) is 0 Å². The molecule has 0 aliphatic rings. The molecule has 0 radical (unpaired) electrons. The molecule has 4 nitrogen and oxygen atoms in total. The van der Waals surface area contributed by atoms with E-state index in [2.05, 4.69) is 10.2 Å². The van der Waals surface area contributed by atoms with Crippen LogP contribution in [0.15, 0.2) is 0 Å². The molecule has 0 aromatic carbocycles. The average molecular weight is 187 g/mol. The van der Waals surface area contributed by atoms with Crippen LogP contribution in [0.3, 0.4) is 0 Å². The van der Waals surface area contributed by atoms with Gasteiger partial charge >= 0.3 is 0 Å². The van der Waals surface area contributed by atoms with Crippen LogP contribution in [0.25, 0.3) is 0 Å². The van der Waals surface area contributed by atoms with Crippen LogP contribution in [0.2, 0.25) is 0 Å². The summed E-state index contributed by atoms with van der Waals surface area (Å²) in [7, 11) is 7.63. The molecule has 1 N–H and O–H groups in total. The van der Waals surface area contributed by atoms with Gasteiger partial charge < -0.3 is 15.1 Å². The number of nitrogens with one attached hydrogen (secondary N) is 1. The average Bonchev–Trinajstić information content (AvgIpc) is 2.02. The summed E-state index contributed by atoms with van der Waals surface area (Å²) in [4.78, 5) is 14.8. The number of amides is 1. The van der Waals surface area contributed by atoms with E-state index in [1.807, 2.05) is 14.1 Å². The molecule has 0 bridgehead atoms. The van der Waals surface area contributed by atoms with Crippen LogP contribution in [0.1, 0.15) is 6.42 Å². The molecule has 1 amide bonds. The fourth-order valence-corrected chi connectivity index (χ4v) is 0.847. The lowest BCUT2D eigenvalue weighted by Crippen LogP contribution is -2.30. The Hall–Kier alpha value is -0.610. The Morgan fingerprint density at radius 1 is 1.15 bits per heavy atom. The third-order valence-corrected chi connectivity index (χ3v) is 1.75. The molecule has 78 valence electrons. The van der Waals surface area contributed by atoms with Crippen molar-refractivity contribution >= 4 is 5.91 Å². The summed E-state index contributed by atoms with van der Waals surface area (Å²) in [5.74, 6) is 0.178. The SMILES string of the molecule is CN(C)CCNCCC(=O)N(C)C. The first-order chi connectivity index (χ1) is 6.04. The van der Waals surface area contributed by atoms with Crippen molar-refractivity contribution in [1.29, 1.82) is 0 Å². The second-order valence-electron chi connectivity index (χ2n) is 3.59. The van der Waals surface area contributed by atoms with Gasteiger partial charge in [-0.2, -0.15) is 0 Å². The lowest BCUT2D eigenvalue weighted by atomic mass is 10.4. The van der Waals surface area contributed by atoms with E-state index in [1.165, 1.54) is 0 Å². The molecule has 0 saturated carbocycles. The molecule has 0 rings (SSSR count). The molecule has 0 aromatic rings. The minimum absolute atomic E-state index is 0.178. The standard InChI is InChI=1S/C9H21N3O/c1-11(2)8-7-10-6-5-9(13)12(3)4/h10H,5-8H2,1-4H3. The first kappa shape index (κ1) is 12.4. The molecule has 0 atom stereocenters. The zero-order valence-corrected chi connectivity index (χ0v) is 9.13. The highest BCUT2D eigenvalue weighted by Gasteiger charge is 2.01. The van der Waals surface area contributed by atoms with E-state index in [9.17, 15) is 4.79 Å². The molecule has 0 aliphatic carbocycles. The fraction of sp³-hybridized carbons (Fsp3) is 0.889. The molecule has 0 heterocycles. The van der Waals surface area contributed by atoms with Crippen molar-refractivity contribution in [3.05, 3.63) is 0 Å². The highest BCUT2D eigenvalue weighted by Crippen LogP contribution is 1.84. The molecular formula is C9H21N3O. The Kier molecular flexibility index (Phi) is 6.54. The zero-order valence-electron chi connectivity index (χ0n) is 9.13. The molecule has 0 aromatic heterocycles. The maximum absolute atomic E-state index is 11.1. The van der Waals surface area contributed by atoms with E-state index in [4.69, 9.17) is 0 Å². The van der Waals surface area contributed by atoms with Crippen LogP contribution in [-0.4, -0.2) is 63.5 Å². The summed E-state index contributed by atoms with van der Waals surface area (Å²) in [6.07, 6.45) is 0.584. The molecule has 0 aliphatic heterocycles. The van der Waals surface area contributed by atoms with E-state index in [0.29, 0.717) is 6.42 Å². The lowest BCUT2D eigenvalue weighted by molar-refractivity contribution is -0.128. The Morgan fingerprint density at radius 3 is 2.23 bits per heavy atom. The van der Waals surface area contributed by atoms with Crippen LogP contribution < -0.4 is 5.32 Å². The molecule has 0 fully saturated rings. The smallest absolute Gasteiger partial charge is 0.223 e. The molecule has 0 saturated heterocycles. The predicted octanol–water partition coefficient (Wildman–Crippen LogP) is -0.384. The van der Waals surface area contributed by atoms with Gasteiger partial charge in [0.2, 0.25) is 5.91 Å². The minimum atomic E-state index is 0.178. The van der Waals surface area contributed by atoms with Gasteiger partial charge in [0.1, 0.15) is 0 Å². The van der Waals surface area contributed by atoms with Crippen molar-refractivity contribution < 1.29 is 4.79 Å². The van der Waals surface area contributed by atoms with Crippen molar-refractivity contribution in [3.63, 3.8) is 0 Å². The van der Waals surface area contributed by atoms with Crippen molar-refractivity contribution in [2.45, 2.75) is 6.42 Å². The first-order valence-corrected chi connectivity index (χ1v) is 4.59. The Balaban J connectivity index is 3.21. The highest BCUT2D eigenvalue weighted by atomic mass is 16.2. The Morgan fingerprint density at radius 2 is 1.77 bits per heavy atom. The molecule has 0 unspecified atom stereocenters. The van der Waals surface area contributed by atoms with E-state index in [0.717, 1.165) is 19.6 Å². The van der Waals surface area contributed by atoms with Gasteiger partial charge in [-0.05, 0) is 14.1 Å².